The maximum Gasteiger partial charge on any atom is 0.165 e. The molecule has 0 fully saturated rings. The number of aromatic hydroxyl groups is 2. The fraction of sp³-hybridized carbons (Fsp3) is 0.125. The van der Waals surface area contributed by atoms with Crippen molar-refractivity contribution in [3.05, 3.63) is 60.7 Å². The van der Waals surface area contributed by atoms with Gasteiger partial charge in [0, 0.05) is 10.9 Å². The molecule has 0 aromatic heterocycles. The molecule has 0 atom stereocenters. The zero-order valence-electron chi connectivity index (χ0n) is 10.2. The van der Waals surface area contributed by atoms with Gasteiger partial charge in [-0.05, 0) is 23.8 Å². The zero-order chi connectivity index (χ0) is 13.1. The molecule has 0 aliphatic rings. The molecule has 0 unspecified atom stereocenters. The van der Waals surface area contributed by atoms with Crippen molar-refractivity contribution in [3.8, 4) is 11.5 Å². The molecule has 2 nitrogen and oxygen atoms in total. The minimum atomic E-state index is -0.0599. The van der Waals surface area contributed by atoms with Gasteiger partial charge in [-0.25, -0.2) is 0 Å². The summed E-state index contributed by atoms with van der Waals surface area (Å²) in [6.45, 7) is 7.44. The Morgan fingerprint density at radius 1 is 0.833 bits per heavy atom. The second kappa shape index (κ2) is 4.96. The number of hydrogen-bond acceptors (Lipinski definition) is 2. The third-order valence-corrected chi connectivity index (χ3v) is 3.08. The Kier molecular flexibility index (Phi) is 3.38. The summed E-state index contributed by atoms with van der Waals surface area (Å²) < 4.78 is 0. The van der Waals surface area contributed by atoms with E-state index in [1.165, 1.54) is 0 Å². The smallest absolute Gasteiger partial charge is 0.165 e. The molecule has 0 aliphatic heterocycles. The maximum absolute atomic E-state index is 10.1. The number of hydrogen-bond donors (Lipinski definition) is 2. The van der Waals surface area contributed by atoms with E-state index in [1.807, 2.05) is 18.2 Å². The molecule has 0 radical (unpaired) electrons. The first-order valence-corrected chi connectivity index (χ1v) is 5.86. The van der Waals surface area contributed by atoms with Crippen molar-refractivity contribution in [1.82, 2.24) is 0 Å². The number of benzene rings is 2. The lowest BCUT2D eigenvalue weighted by molar-refractivity contribution is 0.404. The molecular weight excluding hydrogens is 224 g/mol. The molecule has 0 heterocycles. The van der Waals surface area contributed by atoms with Crippen LogP contribution in [0.3, 0.4) is 0 Å². The summed E-state index contributed by atoms with van der Waals surface area (Å²) in [6, 6.07) is 7.50. The van der Waals surface area contributed by atoms with E-state index in [1.54, 1.807) is 18.2 Å². The van der Waals surface area contributed by atoms with Crippen LogP contribution in [0.2, 0.25) is 0 Å². The van der Waals surface area contributed by atoms with Crippen molar-refractivity contribution in [2.24, 2.45) is 0 Å². The predicted octanol–water partition coefficient (Wildman–Crippen LogP) is 3.71. The van der Waals surface area contributed by atoms with Crippen LogP contribution in [0.1, 0.15) is 11.1 Å². The summed E-state index contributed by atoms with van der Waals surface area (Å²) in [7, 11) is 0. The number of phenols is 2. The lowest BCUT2D eigenvalue weighted by atomic mass is 9.93. The molecule has 2 aromatic rings. The molecule has 2 rings (SSSR count). The Balaban J connectivity index is 2.87. The van der Waals surface area contributed by atoms with E-state index < -0.39 is 0 Å². The van der Waals surface area contributed by atoms with E-state index in [0.29, 0.717) is 18.2 Å². The minimum absolute atomic E-state index is 0.0505. The number of phenolic OH excluding ortho intramolecular Hbond substituents is 2. The predicted molar refractivity (Wildman–Crippen MR) is 75.1 cm³/mol. The van der Waals surface area contributed by atoms with E-state index >= 15 is 0 Å². The lowest BCUT2D eigenvalue weighted by Gasteiger charge is -2.14. The van der Waals surface area contributed by atoms with Gasteiger partial charge in [-0.2, -0.15) is 0 Å². The van der Waals surface area contributed by atoms with Crippen molar-refractivity contribution in [2.45, 2.75) is 12.8 Å². The van der Waals surface area contributed by atoms with Crippen LogP contribution in [0.25, 0.3) is 10.8 Å². The molecule has 92 valence electrons. The van der Waals surface area contributed by atoms with Crippen molar-refractivity contribution in [3.63, 3.8) is 0 Å². The molecule has 2 heteroatoms. The highest BCUT2D eigenvalue weighted by Gasteiger charge is 2.16. The average Bonchev–Trinajstić information content (AvgIpc) is 2.40. The van der Waals surface area contributed by atoms with Gasteiger partial charge in [0.25, 0.3) is 0 Å². The van der Waals surface area contributed by atoms with Crippen LogP contribution in [0.5, 0.6) is 11.5 Å². The maximum atomic E-state index is 10.1. The molecule has 0 saturated heterocycles. The summed E-state index contributed by atoms with van der Waals surface area (Å²) in [5.41, 5.74) is 1.72. The van der Waals surface area contributed by atoms with Crippen molar-refractivity contribution in [2.75, 3.05) is 0 Å². The monoisotopic (exact) mass is 240 g/mol. The highest BCUT2D eigenvalue weighted by molar-refractivity contribution is 5.94. The van der Waals surface area contributed by atoms with Crippen LogP contribution >= 0.6 is 0 Å². The first-order valence-electron chi connectivity index (χ1n) is 5.86. The van der Waals surface area contributed by atoms with Gasteiger partial charge in [-0.15, -0.1) is 13.2 Å². The zero-order valence-corrected chi connectivity index (χ0v) is 10.2. The van der Waals surface area contributed by atoms with Gasteiger partial charge in [-0.3, -0.25) is 0 Å². The Labute approximate surface area is 107 Å². The fourth-order valence-corrected chi connectivity index (χ4v) is 2.27. The molecule has 0 spiro atoms. The number of allylic oxidation sites excluding steroid dienone is 2. The van der Waals surface area contributed by atoms with E-state index in [0.717, 1.165) is 16.5 Å². The molecule has 18 heavy (non-hydrogen) atoms. The summed E-state index contributed by atoms with van der Waals surface area (Å²) >= 11 is 0. The second-order valence-electron chi connectivity index (χ2n) is 4.19. The molecule has 2 N–H and O–H groups in total. The molecule has 0 saturated carbocycles. The van der Waals surface area contributed by atoms with Gasteiger partial charge in [0.2, 0.25) is 0 Å². The molecule has 0 bridgehead atoms. The van der Waals surface area contributed by atoms with Crippen LogP contribution in [0, 0.1) is 0 Å². The third-order valence-electron chi connectivity index (χ3n) is 3.08. The van der Waals surface area contributed by atoms with Gasteiger partial charge in [-0.1, -0.05) is 36.4 Å². The van der Waals surface area contributed by atoms with Crippen LogP contribution in [0.4, 0.5) is 0 Å². The standard InChI is InChI=1S/C16H16O2/c1-3-7-11-12-9-5-6-10-14(12)16(18)15(17)13(11)8-4-2/h3-6,9-10,17-18H,1-2,7-8H2. The Morgan fingerprint density at radius 3 is 2.00 bits per heavy atom. The van der Waals surface area contributed by atoms with E-state index in [2.05, 4.69) is 13.2 Å². The van der Waals surface area contributed by atoms with Crippen LogP contribution < -0.4 is 0 Å². The van der Waals surface area contributed by atoms with Crippen molar-refractivity contribution in [1.29, 1.82) is 0 Å². The second-order valence-corrected chi connectivity index (χ2v) is 4.19. The first-order chi connectivity index (χ1) is 8.70. The summed E-state index contributed by atoms with van der Waals surface area (Å²) in [5.74, 6) is -0.110. The SMILES string of the molecule is C=CCc1c(O)c(O)c2ccccc2c1CC=C. The summed E-state index contributed by atoms with van der Waals surface area (Å²) in [4.78, 5) is 0. The number of fused-ring (bicyclic) bond motifs is 1. The number of rotatable bonds is 4. The van der Waals surface area contributed by atoms with Gasteiger partial charge < -0.3 is 10.2 Å². The topological polar surface area (TPSA) is 40.5 Å². The quantitative estimate of drug-likeness (QED) is 0.631. The lowest BCUT2D eigenvalue weighted by Crippen LogP contribution is -1.95. The van der Waals surface area contributed by atoms with E-state index in [4.69, 9.17) is 0 Å². The van der Waals surface area contributed by atoms with Gasteiger partial charge >= 0.3 is 0 Å². The van der Waals surface area contributed by atoms with Crippen LogP contribution in [-0.4, -0.2) is 10.2 Å². The van der Waals surface area contributed by atoms with Crippen molar-refractivity contribution >= 4 is 10.8 Å². The van der Waals surface area contributed by atoms with Crippen LogP contribution in [-0.2, 0) is 12.8 Å². The van der Waals surface area contributed by atoms with Gasteiger partial charge in [0.1, 0.15) is 0 Å². The third kappa shape index (κ3) is 1.86. The highest BCUT2D eigenvalue weighted by Crippen LogP contribution is 2.40. The largest absolute Gasteiger partial charge is 0.504 e. The summed E-state index contributed by atoms with van der Waals surface area (Å²) in [6.07, 6.45) is 4.69. The first kappa shape index (κ1) is 12.2. The Bertz CT molecular complexity index is 612. The van der Waals surface area contributed by atoms with E-state index in [9.17, 15) is 10.2 Å². The van der Waals surface area contributed by atoms with Gasteiger partial charge in [0.05, 0.1) is 0 Å². The summed E-state index contributed by atoms with van der Waals surface area (Å²) in [5, 5.41) is 21.8. The van der Waals surface area contributed by atoms with Crippen molar-refractivity contribution < 1.29 is 10.2 Å². The van der Waals surface area contributed by atoms with Gasteiger partial charge in [0.15, 0.2) is 11.5 Å². The molecular formula is C16H16O2. The Morgan fingerprint density at radius 2 is 1.39 bits per heavy atom. The molecule has 0 aliphatic carbocycles. The highest BCUT2D eigenvalue weighted by atomic mass is 16.3. The minimum Gasteiger partial charge on any atom is -0.504 e. The fourth-order valence-electron chi connectivity index (χ4n) is 2.27. The Hall–Kier alpha value is -2.22. The average molecular weight is 240 g/mol. The van der Waals surface area contributed by atoms with E-state index in [-0.39, 0.29) is 11.5 Å². The molecule has 0 amide bonds. The normalized spacial score (nSPS) is 10.4. The van der Waals surface area contributed by atoms with Crippen LogP contribution in [0.15, 0.2) is 49.6 Å². The molecule has 2 aromatic carbocycles.